The fourth-order valence-electron chi connectivity index (χ4n) is 3.32. The monoisotopic (exact) mass is 496 g/mol. The second-order valence-electron chi connectivity index (χ2n) is 7.48. The Labute approximate surface area is 206 Å². The van der Waals surface area contributed by atoms with Crippen molar-refractivity contribution in [3.8, 4) is 17.1 Å². The molecule has 0 saturated heterocycles. The zero-order valence-electron chi connectivity index (χ0n) is 18.5. The number of benzene rings is 3. The average molecular weight is 497 g/mol. The number of nitrogens with one attached hydrogen (secondary N) is 1. The molecule has 1 heterocycles. The van der Waals surface area contributed by atoms with Crippen LogP contribution in [0.1, 0.15) is 12.5 Å². The highest BCUT2D eigenvalue weighted by Crippen LogP contribution is 2.31. The zero-order valence-corrected chi connectivity index (χ0v) is 20.1. The number of amides is 1. The van der Waals surface area contributed by atoms with Gasteiger partial charge in [0, 0.05) is 10.6 Å². The van der Waals surface area contributed by atoms with Gasteiger partial charge in [-0.05, 0) is 55.0 Å². The molecular weight excluding hydrogens is 475 g/mol. The third kappa shape index (κ3) is 5.58. The summed E-state index contributed by atoms with van der Waals surface area (Å²) in [4.78, 5) is 13.0. The molecule has 1 N–H and O–H groups in total. The fraction of sp³-hybridized carbons (Fsp3) is 0.160. The Balaban J connectivity index is 1.60. The van der Waals surface area contributed by atoms with E-state index in [1.807, 2.05) is 34.9 Å². The van der Waals surface area contributed by atoms with Gasteiger partial charge in [0.25, 0.3) is 0 Å². The normalized spacial score (nSPS) is 11.8. The van der Waals surface area contributed by atoms with E-state index in [9.17, 15) is 9.18 Å². The van der Waals surface area contributed by atoms with E-state index in [4.69, 9.17) is 16.3 Å². The van der Waals surface area contributed by atoms with Gasteiger partial charge in [0.1, 0.15) is 11.6 Å². The number of nitrogens with zero attached hydrogens (tertiary/aromatic N) is 3. The van der Waals surface area contributed by atoms with E-state index in [1.165, 1.54) is 31.0 Å². The van der Waals surface area contributed by atoms with Crippen molar-refractivity contribution in [3.63, 3.8) is 0 Å². The summed E-state index contributed by atoms with van der Waals surface area (Å²) >= 11 is 7.36. The SMILES string of the molecule is COc1ccc(Cl)cc1NC(=O)C(C)Sc1nnc(-c2ccc(F)cc2)n1Cc1ccccc1. The summed E-state index contributed by atoms with van der Waals surface area (Å²) in [5.41, 5.74) is 2.27. The molecule has 1 amide bonds. The lowest BCUT2D eigenvalue weighted by molar-refractivity contribution is -0.115. The maximum Gasteiger partial charge on any atom is 0.237 e. The lowest BCUT2D eigenvalue weighted by atomic mass is 10.2. The molecule has 0 fully saturated rings. The number of anilines is 1. The van der Waals surface area contributed by atoms with E-state index >= 15 is 0 Å². The van der Waals surface area contributed by atoms with E-state index in [2.05, 4.69) is 15.5 Å². The van der Waals surface area contributed by atoms with E-state index < -0.39 is 5.25 Å². The number of hydrogen-bond donors (Lipinski definition) is 1. The Bertz CT molecular complexity index is 1280. The second kappa shape index (κ2) is 10.7. The van der Waals surface area contributed by atoms with Crippen LogP contribution in [0.2, 0.25) is 5.02 Å². The molecule has 3 aromatic carbocycles. The summed E-state index contributed by atoms with van der Waals surface area (Å²) < 4.78 is 20.7. The largest absolute Gasteiger partial charge is 0.495 e. The third-order valence-corrected chi connectivity index (χ3v) is 6.39. The first kappa shape index (κ1) is 23.8. The minimum atomic E-state index is -0.497. The first-order valence-corrected chi connectivity index (χ1v) is 11.7. The van der Waals surface area contributed by atoms with Crippen molar-refractivity contribution in [2.75, 3.05) is 12.4 Å². The van der Waals surface area contributed by atoms with Gasteiger partial charge in [-0.25, -0.2) is 4.39 Å². The third-order valence-electron chi connectivity index (χ3n) is 5.07. The van der Waals surface area contributed by atoms with Crippen molar-refractivity contribution in [2.24, 2.45) is 0 Å². The number of halogens is 2. The molecule has 4 rings (SSSR count). The molecule has 1 unspecified atom stereocenters. The van der Waals surface area contributed by atoms with Crippen molar-refractivity contribution >= 4 is 35.0 Å². The van der Waals surface area contributed by atoms with Crippen LogP contribution >= 0.6 is 23.4 Å². The maximum atomic E-state index is 13.5. The summed E-state index contributed by atoms with van der Waals surface area (Å²) in [6, 6.07) is 21.0. The van der Waals surface area contributed by atoms with Gasteiger partial charge in [0.2, 0.25) is 5.91 Å². The Morgan fingerprint density at radius 3 is 2.56 bits per heavy atom. The Kier molecular flexibility index (Phi) is 7.49. The van der Waals surface area contributed by atoms with E-state index in [0.29, 0.717) is 34.0 Å². The van der Waals surface area contributed by atoms with Crippen LogP contribution in [-0.2, 0) is 11.3 Å². The van der Waals surface area contributed by atoms with Crippen molar-refractivity contribution in [3.05, 3.63) is 89.2 Å². The lowest BCUT2D eigenvalue weighted by Crippen LogP contribution is -2.23. The molecule has 0 radical (unpaired) electrons. The van der Waals surface area contributed by atoms with Gasteiger partial charge in [-0.2, -0.15) is 0 Å². The molecule has 0 aliphatic rings. The Morgan fingerprint density at radius 2 is 1.85 bits per heavy atom. The topological polar surface area (TPSA) is 69.0 Å². The molecule has 1 atom stereocenters. The number of carbonyl (C=O) groups excluding carboxylic acids is 1. The lowest BCUT2D eigenvalue weighted by Gasteiger charge is -2.15. The molecule has 34 heavy (non-hydrogen) atoms. The molecule has 0 aliphatic carbocycles. The van der Waals surface area contributed by atoms with Crippen molar-refractivity contribution in [1.29, 1.82) is 0 Å². The van der Waals surface area contributed by atoms with E-state index in [-0.39, 0.29) is 11.7 Å². The van der Waals surface area contributed by atoms with Crippen LogP contribution in [0.3, 0.4) is 0 Å². The minimum Gasteiger partial charge on any atom is -0.495 e. The van der Waals surface area contributed by atoms with E-state index in [1.54, 1.807) is 37.3 Å². The molecule has 0 spiro atoms. The highest BCUT2D eigenvalue weighted by molar-refractivity contribution is 8.00. The molecule has 174 valence electrons. The quantitative estimate of drug-likeness (QED) is 0.307. The van der Waals surface area contributed by atoms with Gasteiger partial charge >= 0.3 is 0 Å². The zero-order chi connectivity index (χ0) is 24.1. The van der Waals surface area contributed by atoms with Gasteiger partial charge in [0.15, 0.2) is 11.0 Å². The predicted molar refractivity (Wildman–Crippen MR) is 133 cm³/mol. The summed E-state index contributed by atoms with van der Waals surface area (Å²) in [5, 5.41) is 12.1. The summed E-state index contributed by atoms with van der Waals surface area (Å²) in [5.74, 6) is 0.550. The molecular formula is C25H22ClFN4O2S. The van der Waals surface area contributed by atoms with Crippen LogP contribution in [0.4, 0.5) is 10.1 Å². The summed E-state index contributed by atoms with van der Waals surface area (Å²) in [6.07, 6.45) is 0. The van der Waals surface area contributed by atoms with Crippen molar-refractivity contribution in [1.82, 2.24) is 14.8 Å². The van der Waals surface area contributed by atoms with Gasteiger partial charge in [-0.3, -0.25) is 9.36 Å². The molecule has 0 aliphatic heterocycles. The van der Waals surface area contributed by atoms with Crippen LogP contribution in [0.25, 0.3) is 11.4 Å². The molecule has 6 nitrogen and oxygen atoms in total. The molecule has 1 aromatic heterocycles. The smallest absolute Gasteiger partial charge is 0.237 e. The van der Waals surface area contributed by atoms with E-state index in [0.717, 1.165) is 11.1 Å². The molecule has 0 saturated carbocycles. The van der Waals surface area contributed by atoms with Gasteiger partial charge in [-0.1, -0.05) is 53.7 Å². The number of rotatable bonds is 8. The first-order valence-electron chi connectivity index (χ1n) is 10.5. The van der Waals surface area contributed by atoms with Crippen molar-refractivity contribution < 1.29 is 13.9 Å². The number of thioether (sulfide) groups is 1. The average Bonchev–Trinajstić information content (AvgIpc) is 3.22. The second-order valence-corrected chi connectivity index (χ2v) is 9.22. The number of aromatic nitrogens is 3. The molecule has 9 heteroatoms. The maximum absolute atomic E-state index is 13.5. The standard InChI is InChI=1S/C25H22ClFN4O2S/c1-16(24(32)28-21-14-19(26)10-13-22(21)33-2)34-25-30-29-23(18-8-11-20(27)12-9-18)31(25)15-17-6-4-3-5-7-17/h3-14,16H,15H2,1-2H3,(H,28,32). The van der Waals surface area contributed by atoms with Crippen LogP contribution in [0, 0.1) is 5.82 Å². The van der Waals surface area contributed by atoms with Gasteiger partial charge in [-0.15, -0.1) is 10.2 Å². The molecule has 0 bridgehead atoms. The molecule has 4 aromatic rings. The summed E-state index contributed by atoms with van der Waals surface area (Å²) in [7, 11) is 1.53. The number of methoxy groups -OCH3 is 1. The highest BCUT2D eigenvalue weighted by Gasteiger charge is 2.22. The first-order chi connectivity index (χ1) is 16.4. The summed E-state index contributed by atoms with van der Waals surface area (Å²) in [6.45, 7) is 2.29. The number of hydrogen-bond acceptors (Lipinski definition) is 5. The predicted octanol–water partition coefficient (Wildman–Crippen LogP) is 5.91. The van der Waals surface area contributed by atoms with Crippen LogP contribution in [0.5, 0.6) is 5.75 Å². The van der Waals surface area contributed by atoms with Crippen LogP contribution < -0.4 is 10.1 Å². The minimum absolute atomic E-state index is 0.233. The number of ether oxygens (including phenoxy) is 1. The van der Waals surface area contributed by atoms with Crippen LogP contribution in [-0.4, -0.2) is 33.0 Å². The van der Waals surface area contributed by atoms with Gasteiger partial charge in [0.05, 0.1) is 24.6 Å². The Morgan fingerprint density at radius 1 is 1.12 bits per heavy atom. The number of carbonyl (C=O) groups is 1. The van der Waals surface area contributed by atoms with Crippen LogP contribution in [0.15, 0.2) is 78.0 Å². The highest BCUT2D eigenvalue weighted by atomic mass is 35.5. The fourth-order valence-corrected chi connectivity index (χ4v) is 4.34. The van der Waals surface area contributed by atoms with Crippen molar-refractivity contribution in [2.45, 2.75) is 23.9 Å². The van der Waals surface area contributed by atoms with Gasteiger partial charge < -0.3 is 10.1 Å². The Hall–Kier alpha value is -3.36.